The van der Waals surface area contributed by atoms with E-state index in [4.69, 9.17) is 4.99 Å². The summed E-state index contributed by atoms with van der Waals surface area (Å²) in [6.45, 7) is 16.6. The third kappa shape index (κ3) is 4.82. The number of benzene rings is 1. The molecular formula is C26H32N4. The highest BCUT2D eigenvalue weighted by Crippen LogP contribution is 2.30. The van der Waals surface area contributed by atoms with E-state index in [0.717, 1.165) is 50.1 Å². The second kappa shape index (κ2) is 10.5. The molecule has 0 aromatic heterocycles. The van der Waals surface area contributed by atoms with Crippen LogP contribution in [0.5, 0.6) is 0 Å². The van der Waals surface area contributed by atoms with Gasteiger partial charge in [-0.05, 0) is 49.8 Å². The van der Waals surface area contributed by atoms with Crippen molar-refractivity contribution in [3.63, 3.8) is 0 Å². The summed E-state index contributed by atoms with van der Waals surface area (Å²) in [7, 11) is 0. The zero-order valence-corrected chi connectivity index (χ0v) is 18.2. The number of guanidine groups is 1. The lowest BCUT2D eigenvalue weighted by molar-refractivity contribution is 0.210. The first-order valence-electron chi connectivity index (χ1n) is 10.6. The number of aliphatic imine (C=N–C) groups is 1. The highest BCUT2D eigenvalue weighted by molar-refractivity contribution is 5.87. The first-order chi connectivity index (χ1) is 14.7. The van der Waals surface area contributed by atoms with Crippen molar-refractivity contribution in [1.82, 2.24) is 14.7 Å². The molecule has 0 aliphatic carbocycles. The summed E-state index contributed by atoms with van der Waals surface area (Å²) >= 11 is 0. The summed E-state index contributed by atoms with van der Waals surface area (Å²) in [5, 5.41) is 0. The van der Waals surface area contributed by atoms with E-state index in [1.54, 1.807) is 0 Å². The van der Waals surface area contributed by atoms with Crippen molar-refractivity contribution in [2.24, 2.45) is 4.99 Å². The molecule has 2 aliphatic rings. The SMILES string of the molecule is C=C/C(=C\C=C/C)N1CCN(C2=Nc3ccccc3CN2/C(C=C)=C/C=C\C)CC1. The number of fused-ring (bicyclic) bond motifs is 1. The van der Waals surface area contributed by atoms with Crippen LogP contribution in [-0.4, -0.2) is 46.8 Å². The molecule has 2 heterocycles. The molecule has 0 saturated carbocycles. The Morgan fingerprint density at radius 1 is 0.900 bits per heavy atom. The smallest absolute Gasteiger partial charge is 0.206 e. The van der Waals surface area contributed by atoms with Crippen LogP contribution in [0, 0.1) is 0 Å². The Labute approximate surface area is 181 Å². The summed E-state index contributed by atoms with van der Waals surface area (Å²) in [5.74, 6) is 1.00. The first kappa shape index (κ1) is 21.4. The van der Waals surface area contributed by atoms with Crippen LogP contribution in [0.25, 0.3) is 0 Å². The first-order valence-corrected chi connectivity index (χ1v) is 10.6. The number of rotatable bonds is 6. The van der Waals surface area contributed by atoms with Crippen LogP contribution in [0.3, 0.4) is 0 Å². The number of hydrogen-bond acceptors (Lipinski definition) is 4. The minimum atomic E-state index is 0.795. The Balaban J connectivity index is 1.87. The Hall–Kier alpha value is -3.27. The molecule has 30 heavy (non-hydrogen) atoms. The predicted octanol–water partition coefficient (Wildman–Crippen LogP) is 5.40. The van der Waals surface area contributed by atoms with E-state index in [-0.39, 0.29) is 0 Å². The molecule has 0 unspecified atom stereocenters. The van der Waals surface area contributed by atoms with Gasteiger partial charge in [0.25, 0.3) is 0 Å². The highest BCUT2D eigenvalue weighted by atomic mass is 15.4. The van der Waals surface area contributed by atoms with Gasteiger partial charge in [-0.2, -0.15) is 0 Å². The Kier molecular flexibility index (Phi) is 7.50. The van der Waals surface area contributed by atoms with E-state index in [1.165, 1.54) is 11.3 Å². The minimum absolute atomic E-state index is 0.795. The van der Waals surface area contributed by atoms with E-state index >= 15 is 0 Å². The molecular weight excluding hydrogens is 368 g/mol. The molecule has 0 atom stereocenters. The third-order valence-electron chi connectivity index (χ3n) is 5.36. The van der Waals surface area contributed by atoms with Gasteiger partial charge in [-0.25, -0.2) is 4.99 Å². The number of allylic oxidation sites excluding steroid dienone is 8. The Morgan fingerprint density at radius 2 is 1.53 bits per heavy atom. The number of para-hydroxylation sites is 1. The van der Waals surface area contributed by atoms with Crippen LogP contribution in [0.2, 0.25) is 0 Å². The van der Waals surface area contributed by atoms with Gasteiger partial charge in [0.15, 0.2) is 0 Å². The molecule has 0 N–H and O–H groups in total. The van der Waals surface area contributed by atoms with Crippen molar-refractivity contribution >= 4 is 11.6 Å². The third-order valence-corrected chi connectivity index (χ3v) is 5.36. The molecule has 2 aliphatic heterocycles. The fourth-order valence-electron chi connectivity index (χ4n) is 3.74. The van der Waals surface area contributed by atoms with Crippen LogP contribution in [-0.2, 0) is 6.54 Å². The molecule has 1 fully saturated rings. The molecule has 3 rings (SSSR count). The van der Waals surface area contributed by atoms with E-state index in [9.17, 15) is 0 Å². The standard InChI is InChI=1S/C26H32N4/c1-5-9-14-23(7-3)28-17-19-29(20-18-28)26-27-25-16-12-11-13-22(25)21-30(26)24(8-4)15-10-6-2/h5-16H,3-4,17-21H2,1-2H3/b9-5-,10-6-,23-14+,24-15+. The average molecular weight is 401 g/mol. The van der Waals surface area contributed by atoms with Gasteiger partial charge in [-0.3, -0.25) is 0 Å². The summed E-state index contributed by atoms with van der Waals surface area (Å²) in [4.78, 5) is 12.1. The number of hydrogen-bond donors (Lipinski definition) is 0. The van der Waals surface area contributed by atoms with Crippen LogP contribution in [0.1, 0.15) is 19.4 Å². The lowest BCUT2D eigenvalue weighted by atomic mass is 10.1. The molecule has 156 valence electrons. The van der Waals surface area contributed by atoms with Crippen LogP contribution < -0.4 is 0 Å². The van der Waals surface area contributed by atoms with E-state index < -0.39 is 0 Å². The van der Waals surface area contributed by atoms with Gasteiger partial charge < -0.3 is 14.7 Å². The number of piperazine rings is 1. The van der Waals surface area contributed by atoms with E-state index in [0.29, 0.717) is 0 Å². The molecule has 0 bridgehead atoms. The Bertz CT molecular complexity index is 909. The predicted molar refractivity (Wildman–Crippen MR) is 128 cm³/mol. The fourth-order valence-corrected chi connectivity index (χ4v) is 3.74. The van der Waals surface area contributed by atoms with Crippen molar-refractivity contribution in [1.29, 1.82) is 0 Å². The Morgan fingerprint density at radius 3 is 2.17 bits per heavy atom. The van der Waals surface area contributed by atoms with E-state index in [1.807, 2.05) is 38.2 Å². The van der Waals surface area contributed by atoms with Crippen molar-refractivity contribution in [2.75, 3.05) is 26.2 Å². The maximum atomic E-state index is 5.06. The molecule has 1 aromatic rings. The van der Waals surface area contributed by atoms with E-state index in [2.05, 4.69) is 76.4 Å². The maximum Gasteiger partial charge on any atom is 0.206 e. The lowest BCUT2D eigenvalue weighted by Crippen LogP contribution is -2.53. The lowest BCUT2D eigenvalue weighted by Gasteiger charge is -2.42. The normalized spacial score (nSPS) is 18.1. The van der Waals surface area contributed by atoms with Crippen molar-refractivity contribution in [3.8, 4) is 0 Å². The molecule has 0 radical (unpaired) electrons. The zero-order chi connectivity index (χ0) is 21.3. The molecule has 4 nitrogen and oxygen atoms in total. The highest BCUT2D eigenvalue weighted by Gasteiger charge is 2.28. The summed E-state index contributed by atoms with van der Waals surface area (Å²) in [6.07, 6.45) is 16.3. The second-order valence-electron chi connectivity index (χ2n) is 7.24. The van der Waals surface area contributed by atoms with Crippen LogP contribution >= 0.6 is 0 Å². The monoisotopic (exact) mass is 400 g/mol. The van der Waals surface area contributed by atoms with Crippen molar-refractivity contribution < 1.29 is 0 Å². The van der Waals surface area contributed by atoms with Gasteiger partial charge in [0, 0.05) is 37.6 Å². The zero-order valence-electron chi connectivity index (χ0n) is 18.2. The largest absolute Gasteiger partial charge is 0.368 e. The minimum Gasteiger partial charge on any atom is -0.368 e. The van der Waals surface area contributed by atoms with Gasteiger partial charge in [0.05, 0.1) is 12.2 Å². The van der Waals surface area contributed by atoms with Crippen LogP contribution in [0.15, 0.2) is 102 Å². The fraction of sp³-hybridized carbons (Fsp3) is 0.269. The molecule has 4 heteroatoms. The summed E-state index contributed by atoms with van der Waals surface area (Å²) in [5.41, 5.74) is 4.51. The molecule has 1 aromatic carbocycles. The van der Waals surface area contributed by atoms with Gasteiger partial charge in [0.2, 0.25) is 5.96 Å². The quantitative estimate of drug-likeness (QED) is 0.597. The van der Waals surface area contributed by atoms with Gasteiger partial charge in [-0.15, -0.1) is 0 Å². The number of nitrogens with zero attached hydrogens (tertiary/aromatic N) is 4. The van der Waals surface area contributed by atoms with Gasteiger partial charge >= 0.3 is 0 Å². The van der Waals surface area contributed by atoms with Crippen molar-refractivity contribution in [2.45, 2.75) is 20.4 Å². The van der Waals surface area contributed by atoms with Crippen LogP contribution in [0.4, 0.5) is 5.69 Å². The second-order valence-corrected chi connectivity index (χ2v) is 7.24. The summed E-state index contributed by atoms with van der Waals surface area (Å²) < 4.78 is 0. The van der Waals surface area contributed by atoms with Gasteiger partial charge in [0.1, 0.15) is 0 Å². The average Bonchev–Trinajstić information content (AvgIpc) is 2.80. The van der Waals surface area contributed by atoms with Gasteiger partial charge in [-0.1, -0.05) is 55.7 Å². The maximum absolute atomic E-state index is 5.06. The molecule has 0 amide bonds. The summed E-state index contributed by atoms with van der Waals surface area (Å²) in [6, 6.07) is 8.38. The van der Waals surface area contributed by atoms with Crippen molar-refractivity contribution in [3.05, 3.63) is 103 Å². The topological polar surface area (TPSA) is 22.1 Å². The molecule has 0 spiro atoms. The molecule has 1 saturated heterocycles.